The summed E-state index contributed by atoms with van der Waals surface area (Å²) in [5.41, 5.74) is 1.61. The number of aryl methyl sites for hydroxylation is 1. The quantitative estimate of drug-likeness (QED) is 0.906. The maximum Gasteiger partial charge on any atom is 0.254 e. The molecule has 1 saturated heterocycles. The maximum absolute atomic E-state index is 12.0. The van der Waals surface area contributed by atoms with Gasteiger partial charge in [-0.05, 0) is 12.1 Å². The van der Waals surface area contributed by atoms with E-state index in [0.717, 1.165) is 5.56 Å². The number of morpholine rings is 1. The summed E-state index contributed by atoms with van der Waals surface area (Å²) in [5, 5.41) is 6.84. The molecule has 3 rings (SSSR count). The molecule has 3 heterocycles. The molecule has 2 aromatic rings. The van der Waals surface area contributed by atoms with Crippen molar-refractivity contribution in [3.63, 3.8) is 0 Å². The van der Waals surface area contributed by atoms with Gasteiger partial charge in [0.2, 0.25) is 0 Å². The normalized spacial score (nSPS) is 18.3. The van der Waals surface area contributed by atoms with Gasteiger partial charge in [0.05, 0.1) is 18.4 Å². The summed E-state index contributed by atoms with van der Waals surface area (Å²) in [7, 11) is 3.50. The topological polar surface area (TPSA) is 72.3 Å². The lowest BCUT2D eigenvalue weighted by Crippen LogP contribution is -2.40. The lowest BCUT2D eigenvalue weighted by atomic mass is 10.1. The molecule has 1 fully saturated rings. The molecule has 22 heavy (non-hydrogen) atoms. The number of nitrogens with one attached hydrogen (secondary N) is 1. The molecule has 0 saturated carbocycles. The summed E-state index contributed by atoms with van der Waals surface area (Å²) in [6.45, 7) is 1.94. The SMILES string of the molecule is CNC(=O)c1cccnc1N1CCOC(c2cnn(C)c2)C1. The van der Waals surface area contributed by atoms with Crippen LogP contribution in [-0.2, 0) is 11.8 Å². The van der Waals surface area contributed by atoms with Gasteiger partial charge in [0.15, 0.2) is 0 Å². The van der Waals surface area contributed by atoms with Gasteiger partial charge in [0, 0.05) is 45.1 Å². The van der Waals surface area contributed by atoms with E-state index in [1.54, 1.807) is 30.1 Å². The van der Waals surface area contributed by atoms with Crippen molar-refractivity contribution in [3.8, 4) is 0 Å². The zero-order chi connectivity index (χ0) is 15.5. The van der Waals surface area contributed by atoms with Crippen molar-refractivity contribution in [1.29, 1.82) is 0 Å². The van der Waals surface area contributed by atoms with E-state index in [1.165, 1.54) is 0 Å². The summed E-state index contributed by atoms with van der Waals surface area (Å²) >= 11 is 0. The number of hydrogen-bond acceptors (Lipinski definition) is 5. The van der Waals surface area contributed by atoms with E-state index < -0.39 is 0 Å². The van der Waals surface area contributed by atoms with Gasteiger partial charge < -0.3 is 15.0 Å². The summed E-state index contributed by atoms with van der Waals surface area (Å²) in [4.78, 5) is 18.5. The molecular formula is C15H19N5O2. The van der Waals surface area contributed by atoms with Gasteiger partial charge >= 0.3 is 0 Å². The molecule has 1 aliphatic rings. The first kappa shape index (κ1) is 14.5. The number of aromatic nitrogens is 3. The van der Waals surface area contributed by atoms with Crippen molar-refractivity contribution in [2.75, 3.05) is 31.6 Å². The highest BCUT2D eigenvalue weighted by atomic mass is 16.5. The molecule has 1 N–H and O–H groups in total. The first-order valence-electron chi connectivity index (χ1n) is 7.21. The standard InChI is InChI=1S/C15H19N5O2/c1-16-15(21)12-4-3-5-17-14(12)20-6-7-22-13(10-20)11-8-18-19(2)9-11/h3-5,8-9,13H,6-7,10H2,1-2H3,(H,16,21). The number of anilines is 1. The number of hydrogen-bond donors (Lipinski definition) is 1. The van der Waals surface area contributed by atoms with Crippen LogP contribution in [0.4, 0.5) is 5.82 Å². The summed E-state index contributed by atoms with van der Waals surface area (Å²) < 4.78 is 7.59. The number of rotatable bonds is 3. The van der Waals surface area contributed by atoms with E-state index in [-0.39, 0.29) is 12.0 Å². The molecule has 0 aliphatic carbocycles. The molecule has 116 valence electrons. The van der Waals surface area contributed by atoms with Gasteiger partial charge in [0.1, 0.15) is 11.9 Å². The second-order valence-electron chi connectivity index (χ2n) is 5.21. The summed E-state index contributed by atoms with van der Waals surface area (Å²) in [6.07, 6.45) is 5.40. The molecule has 7 heteroatoms. The Morgan fingerprint density at radius 2 is 2.36 bits per heavy atom. The predicted molar refractivity (Wildman–Crippen MR) is 81.7 cm³/mol. The molecule has 2 aromatic heterocycles. The van der Waals surface area contributed by atoms with Gasteiger partial charge in [-0.15, -0.1) is 0 Å². The average molecular weight is 301 g/mol. The van der Waals surface area contributed by atoms with Crippen LogP contribution in [0.25, 0.3) is 0 Å². The van der Waals surface area contributed by atoms with Gasteiger partial charge in [-0.25, -0.2) is 4.98 Å². The van der Waals surface area contributed by atoms with Crippen molar-refractivity contribution in [1.82, 2.24) is 20.1 Å². The lowest BCUT2D eigenvalue weighted by Gasteiger charge is -2.34. The van der Waals surface area contributed by atoms with Crippen LogP contribution in [0.15, 0.2) is 30.7 Å². The molecule has 1 unspecified atom stereocenters. The van der Waals surface area contributed by atoms with Crippen LogP contribution < -0.4 is 10.2 Å². The minimum atomic E-state index is -0.132. The molecule has 1 atom stereocenters. The highest BCUT2D eigenvalue weighted by Crippen LogP contribution is 2.26. The van der Waals surface area contributed by atoms with Crippen molar-refractivity contribution in [2.45, 2.75) is 6.10 Å². The Hall–Kier alpha value is -2.41. The minimum Gasteiger partial charge on any atom is -0.370 e. The number of amides is 1. The predicted octanol–water partition coefficient (Wildman–Crippen LogP) is 0.753. The fourth-order valence-electron chi connectivity index (χ4n) is 2.61. The Bertz CT molecular complexity index is 669. The average Bonchev–Trinajstić information content (AvgIpc) is 3.01. The summed E-state index contributed by atoms with van der Waals surface area (Å²) in [6, 6.07) is 3.56. The van der Waals surface area contributed by atoms with Crippen LogP contribution in [0.2, 0.25) is 0 Å². The molecular weight excluding hydrogens is 282 g/mol. The van der Waals surface area contributed by atoms with Gasteiger partial charge in [-0.2, -0.15) is 5.10 Å². The molecule has 1 amide bonds. The Morgan fingerprint density at radius 1 is 1.50 bits per heavy atom. The van der Waals surface area contributed by atoms with Crippen LogP contribution >= 0.6 is 0 Å². The fraction of sp³-hybridized carbons (Fsp3) is 0.400. The minimum absolute atomic E-state index is 0.0676. The second-order valence-corrected chi connectivity index (χ2v) is 5.21. The third-order valence-corrected chi connectivity index (χ3v) is 3.72. The molecule has 1 aliphatic heterocycles. The zero-order valence-electron chi connectivity index (χ0n) is 12.7. The van der Waals surface area contributed by atoms with Crippen LogP contribution in [0.3, 0.4) is 0 Å². The third-order valence-electron chi connectivity index (χ3n) is 3.72. The number of nitrogens with zero attached hydrogens (tertiary/aromatic N) is 4. The Kier molecular flexibility index (Phi) is 4.06. The zero-order valence-corrected chi connectivity index (χ0v) is 12.7. The third kappa shape index (κ3) is 2.80. The van der Waals surface area contributed by atoms with Crippen LogP contribution in [0.1, 0.15) is 22.0 Å². The van der Waals surface area contributed by atoms with Crippen molar-refractivity contribution in [3.05, 3.63) is 41.9 Å². The van der Waals surface area contributed by atoms with E-state index >= 15 is 0 Å². The molecule has 0 aromatic carbocycles. The van der Waals surface area contributed by atoms with Crippen molar-refractivity contribution < 1.29 is 9.53 Å². The first-order valence-corrected chi connectivity index (χ1v) is 7.21. The lowest BCUT2D eigenvalue weighted by molar-refractivity contribution is 0.0394. The van der Waals surface area contributed by atoms with E-state index in [9.17, 15) is 4.79 Å². The molecule has 0 spiro atoms. The highest BCUT2D eigenvalue weighted by molar-refractivity contribution is 5.98. The second kappa shape index (κ2) is 6.15. The van der Waals surface area contributed by atoms with Crippen LogP contribution in [-0.4, -0.2) is 47.4 Å². The van der Waals surface area contributed by atoms with E-state index in [1.807, 2.05) is 19.4 Å². The molecule has 7 nitrogen and oxygen atoms in total. The largest absolute Gasteiger partial charge is 0.370 e. The molecule has 0 radical (unpaired) electrons. The first-order chi connectivity index (χ1) is 10.7. The van der Waals surface area contributed by atoms with Gasteiger partial charge in [-0.3, -0.25) is 9.48 Å². The summed E-state index contributed by atoms with van der Waals surface area (Å²) in [5.74, 6) is 0.562. The number of carbonyl (C=O) groups is 1. The highest BCUT2D eigenvalue weighted by Gasteiger charge is 2.26. The Balaban J connectivity index is 1.85. The fourth-order valence-corrected chi connectivity index (χ4v) is 2.61. The van der Waals surface area contributed by atoms with Gasteiger partial charge in [-0.1, -0.05) is 0 Å². The van der Waals surface area contributed by atoms with Crippen LogP contribution in [0, 0.1) is 0 Å². The van der Waals surface area contributed by atoms with Crippen LogP contribution in [0.5, 0.6) is 0 Å². The Morgan fingerprint density at radius 3 is 3.09 bits per heavy atom. The maximum atomic E-state index is 12.0. The van der Waals surface area contributed by atoms with Crippen molar-refractivity contribution >= 4 is 11.7 Å². The number of carbonyl (C=O) groups excluding carboxylic acids is 1. The van der Waals surface area contributed by atoms with E-state index in [0.29, 0.717) is 31.1 Å². The van der Waals surface area contributed by atoms with E-state index in [2.05, 4.69) is 20.3 Å². The number of ether oxygens (including phenoxy) is 1. The van der Waals surface area contributed by atoms with Crippen molar-refractivity contribution in [2.24, 2.45) is 7.05 Å². The number of pyridine rings is 1. The molecule has 0 bridgehead atoms. The Labute approximate surface area is 128 Å². The van der Waals surface area contributed by atoms with E-state index in [4.69, 9.17) is 4.74 Å². The van der Waals surface area contributed by atoms with Gasteiger partial charge in [0.25, 0.3) is 5.91 Å². The smallest absolute Gasteiger partial charge is 0.254 e. The monoisotopic (exact) mass is 301 g/mol.